The lowest BCUT2D eigenvalue weighted by Crippen LogP contribution is -1.94. The summed E-state index contributed by atoms with van der Waals surface area (Å²) in [6.07, 6.45) is 1.55. The van der Waals surface area contributed by atoms with Crippen molar-refractivity contribution < 1.29 is 4.92 Å². The highest BCUT2D eigenvalue weighted by molar-refractivity contribution is 14.1. The highest BCUT2D eigenvalue weighted by Crippen LogP contribution is 2.21. The topological polar surface area (TPSA) is 67.5 Å². The summed E-state index contributed by atoms with van der Waals surface area (Å²) in [6.45, 7) is 0. The summed E-state index contributed by atoms with van der Waals surface area (Å²) in [4.78, 5) is 10.4. The number of nitrogens with zero attached hydrogens (tertiary/aromatic N) is 2. The van der Waals surface area contributed by atoms with Gasteiger partial charge in [0.15, 0.2) is 0 Å². The van der Waals surface area contributed by atoms with Gasteiger partial charge in [-0.15, -0.1) is 0 Å². The second-order valence-electron chi connectivity index (χ2n) is 3.70. The van der Waals surface area contributed by atoms with Gasteiger partial charge >= 0.3 is 0 Å². The predicted octanol–water partition coefficient (Wildman–Crippen LogP) is 3.65. The molecule has 0 aliphatic heterocycles. The molecule has 0 radical (unpaired) electrons. The molecule has 0 bridgehead atoms. The Labute approximate surface area is 123 Å². The Balaban J connectivity index is 2.11. The molecule has 6 heteroatoms. The molecule has 0 atom stereocenters. The summed E-state index contributed by atoms with van der Waals surface area (Å²) in [5.74, 6) is 0. The number of anilines is 1. The molecule has 0 unspecified atom stereocenters. The number of hydrazone groups is 1. The molecule has 19 heavy (non-hydrogen) atoms. The lowest BCUT2D eigenvalue weighted by Gasteiger charge is -1.99. The summed E-state index contributed by atoms with van der Waals surface area (Å²) >= 11 is 1.94. The van der Waals surface area contributed by atoms with E-state index in [4.69, 9.17) is 0 Å². The SMILES string of the molecule is O=[N+]([O-])c1cc(C=NNc2ccccc2)ccc1I. The maximum atomic E-state index is 10.8. The van der Waals surface area contributed by atoms with Crippen molar-refractivity contribution >= 4 is 40.2 Å². The van der Waals surface area contributed by atoms with Crippen molar-refractivity contribution in [1.82, 2.24) is 0 Å². The molecule has 0 amide bonds. The van der Waals surface area contributed by atoms with Crippen LogP contribution in [0.25, 0.3) is 0 Å². The van der Waals surface area contributed by atoms with Crippen molar-refractivity contribution in [3.8, 4) is 0 Å². The van der Waals surface area contributed by atoms with E-state index < -0.39 is 4.92 Å². The fraction of sp³-hybridized carbons (Fsp3) is 0. The van der Waals surface area contributed by atoms with Crippen molar-refractivity contribution in [2.45, 2.75) is 0 Å². The summed E-state index contributed by atoms with van der Waals surface area (Å²) < 4.78 is 0.607. The number of para-hydroxylation sites is 1. The van der Waals surface area contributed by atoms with Gasteiger partial charge in [0.2, 0.25) is 0 Å². The summed E-state index contributed by atoms with van der Waals surface area (Å²) in [6, 6.07) is 14.4. The number of rotatable bonds is 4. The molecule has 96 valence electrons. The molecule has 0 aliphatic carbocycles. The van der Waals surface area contributed by atoms with E-state index >= 15 is 0 Å². The van der Waals surface area contributed by atoms with Gasteiger partial charge in [0.25, 0.3) is 5.69 Å². The number of hydrogen-bond acceptors (Lipinski definition) is 4. The van der Waals surface area contributed by atoms with Crippen LogP contribution in [0.5, 0.6) is 0 Å². The molecule has 2 aromatic carbocycles. The quantitative estimate of drug-likeness (QED) is 0.388. The second-order valence-corrected chi connectivity index (χ2v) is 4.87. The zero-order valence-corrected chi connectivity index (χ0v) is 11.9. The molecule has 0 aliphatic rings. The summed E-state index contributed by atoms with van der Waals surface area (Å²) in [7, 11) is 0. The van der Waals surface area contributed by atoms with Crippen LogP contribution in [-0.2, 0) is 0 Å². The third kappa shape index (κ3) is 3.75. The first-order chi connectivity index (χ1) is 9.16. The normalized spacial score (nSPS) is 10.6. The van der Waals surface area contributed by atoms with Gasteiger partial charge in [0.05, 0.1) is 20.4 Å². The van der Waals surface area contributed by atoms with E-state index in [9.17, 15) is 10.1 Å². The van der Waals surface area contributed by atoms with Crippen molar-refractivity contribution in [3.63, 3.8) is 0 Å². The zero-order chi connectivity index (χ0) is 13.7. The molecule has 2 aromatic rings. The fourth-order valence-corrected chi connectivity index (χ4v) is 1.98. The number of nitro benzene ring substituents is 1. The summed E-state index contributed by atoms with van der Waals surface area (Å²) in [5, 5.41) is 14.9. The molecule has 0 heterocycles. The largest absolute Gasteiger partial charge is 0.283 e. The van der Waals surface area contributed by atoms with Gasteiger partial charge in [-0.2, -0.15) is 5.10 Å². The van der Waals surface area contributed by atoms with Crippen LogP contribution >= 0.6 is 22.6 Å². The van der Waals surface area contributed by atoms with Crippen LogP contribution < -0.4 is 5.43 Å². The minimum Gasteiger partial charge on any atom is -0.279 e. The number of nitro groups is 1. The van der Waals surface area contributed by atoms with E-state index in [0.717, 1.165) is 5.69 Å². The van der Waals surface area contributed by atoms with E-state index in [2.05, 4.69) is 10.5 Å². The maximum Gasteiger partial charge on any atom is 0.283 e. The maximum absolute atomic E-state index is 10.8. The Morgan fingerprint density at radius 2 is 1.95 bits per heavy atom. The Hall–Kier alpha value is -1.96. The average molecular weight is 367 g/mol. The highest BCUT2D eigenvalue weighted by atomic mass is 127. The van der Waals surface area contributed by atoms with Crippen molar-refractivity contribution in [2.75, 3.05) is 5.43 Å². The van der Waals surface area contributed by atoms with Gasteiger partial charge in [0.1, 0.15) is 0 Å². The molecule has 0 saturated heterocycles. The number of hydrogen-bond donors (Lipinski definition) is 1. The number of halogens is 1. The molecule has 0 saturated carbocycles. The van der Waals surface area contributed by atoms with Gasteiger partial charge < -0.3 is 0 Å². The Kier molecular flexibility index (Phi) is 4.45. The van der Waals surface area contributed by atoms with Crippen LogP contribution in [-0.4, -0.2) is 11.1 Å². The van der Waals surface area contributed by atoms with Crippen molar-refractivity contribution in [3.05, 3.63) is 67.8 Å². The van der Waals surface area contributed by atoms with Gasteiger partial charge in [-0.25, -0.2) is 0 Å². The fourth-order valence-electron chi connectivity index (χ4n) is 1.44. The van der Waals surface area contributed by atoms with E-state index in [0.29, 0.717) is 9.13 Å². The van der Waals surface area contributed by atoms with Gasteiger partial charge in [0, 0.05) is 11.6 Å². The van der Waals surface area contributed by atoms with Crippen LogP contribution in [0.2, 0.25) is 0 Å². The Morgan fingerprint density at radius 1 is 1.21 bits per heavy atom. The molecule has 2 rings (SSSR count). The first kappa shape index (κ1) is 13.5. The minimum absolute atomic E-state index is 0.0873. The second kappa shape index (κ2) is 6.28. The van der Waals surface area contributed by atoms with E-state index in [-0.39, 0.29) is 5.69 Å². The Morgan fingerprint density at radius 3 is 2.63 bits per heavy atom. The van der Waals surface area contributed by atoms with Gasteiger partial charge in [-0.1, -0.05) is 24.3 Å². The van der Waals surface area contributed by atoms with E-state index in [1.165, 1.54) is 6.07 Å². The van der Waals surface area contributed by atoms with E-state index in [1.807, 2.05) is 52.9 Å². The first-order valence-electron chi connectivity index (χ1n) is 5.45. The summed E-state index contributed by atoms with van der Waals surface area (Å²) in [5.41, 5.74) is 4.48. The zero-order valence-electron chi connectivity index (χ0n) is 9.79. The van der Waals surface area contributed by atoms with Crippen LogP contribution in [0.1, 0.15) is 5.56 Å². The van der Waals surface area contributed by atoms with Crippen LogP contribution in [0.4, 0.5) is 11.4 Å². The molecular weight excluding hydrogens is 357 g/mol. The minimum atomic E-state index is -0.399. The lowest BCUT2D eigenvalue weighted by atomic mass is 10.2. The monoisotopic (exact) mass is 367 g/mol. The smallest absolute Gasteiger partial charge is 0.279 e. The molecular formula is C13H10IN3O2. The predicted molar refractivity (Wildman–Crippen MR) is 83.5 cm³/mol. The van der Waals surface area contributed by atoms with Crippen LogP contribution in [0.3, 0.4) is 0 Å². The molecule has 0 fully saturated rings. The number of benzene rings is 2. The molecule has 1 N–H and O–H groups in total. The van der Waals surface area contributed by atoms with Crippen molar-refractivity contribution in [2.24, 2.45) is 5.10 Å². The highest BCUT2D eigenvalue weighted by Gasteiger charge is 2.11. The van der Waals surface area contributed by atoms with Crippen LogP contribution in [0, 0.1) is 13.7 Å². The van der Waals surface area contributed by atoms with Crippen molar-refractivity contribution in [1.29, 1.82) is 0 Å². The standard InChI is InChI=1S/C13H10IN3O2/c14-12-7-6-10(8-13(12)17(18)19)9-15-16-11-4-2-1-3-5-11/h1-9,16H. The average Bonchev–Trinajstić information content (AvgIpc) is 2.41. The van der Waals surface area contributed by atoms with Gasteiger partial charge in [-0.05, 0) is 40.8 Å². The molecule has 5 nitrogen and oxygen atoms in total. The first-order valence-corrected chi connectivity index (χ1v) is 6.53. The third-order valence-corrected chi connectivity index (χ3v) is 3.26. The third-order valence-electron chi connectivity index (χ3n) is 2.35. The van der Waals surface area contributed by atoms with E-state index in [1.54, 1.807) is 18.3 Å². The number of nitrogens with one attached hydrogen (secondary N) is 1. The lowest BCUT2D eigenvalue weighted by molar-refractivity contribution is -0.385. The van der Waals surface area contributed by atoms with Crippen LogP contribution in [0.15, 0.2) is 53.6 Å². The Bertz CT molecular complexity index is 615. The molecule has 0 aromatic heterocycles. The molecule has 0 spiro atoms. The van der Waals surface area contributed by atoms with Gasteiger partial charge in [-0.3, -0.25) is 15.5 Å².